The van der Waals surface area contributed by atoms with Gasteiger partial charge in [-0.1, -0.05) is 45.4 Å². The number of azo groups is 1. The summed E-state index contributed by atoms with van der Waals surface area (Å²) >= 11 is 0. The molecule has 0 saturated heterocycles. The van der Waals surface area contributed by atoms with Crippen molar-refractivity contribution in [3.05, 3.63) is 41.5 Å². The minimum atomic E-state index is -3.47. The zero-order valence-corrected chi connectivity index (χ0v) is 21.6. The fourth-order valence-corrected chi connectivity index (χ4v) is 5.97. The minimum Gasteiger partial charge on any atom is -0.410 e. The van der Waals surface area contributed by atoms with E-state index >= 15 is 0 Å². The monoisotopic (exact) mass is 464 g/mol. The van der Waals surface area contributed by atoms with Crippen LogP contribution in [0.5, 0.6) is 0 Å². The maximum absolute atomic E-state index is 12.9. The molecule has 2 rings (SSSR count). The lowest BCUT2D eigenvalue weighted by Gasteiger charge is -2.37. The number of sulfone groups is 1. The molecule has 0 amide bonds. The minimum absolute atomic E-state index is 0.0296. The summed E-state index contributed by atoms with van der Waals surface area (Å²) in [6.45, 7) is 14.8. The summed E-state index contributed by atoms with van der Waals surface area (Å²) < 4.78 is 32.0. The number of carbonyl (C=O) groups excluding carboxylic acids is 1. The number of hydrogen-bond donors (Lipinski definition) is 0. The van der Waals surface area contributed by atoms with Gasteiger partial charge in [0.2, 0.25) is 0 Å². The third-order valence-electron chi connectivity index (χ3n) is 6.25. The molecule has 172 valence electrons. The Hall–Kier alpha value is -1.64. The van der Waals surface area contributed by atoms with E-state index in [4.69, 9.17) is 4.43 Å². The van der Waals surface area contributed by atoms with Crippen LogP contribution in [0.15, 0.2) is 51.0 Å². The van der Waals surface area contributed by atoms with Crippen LogP contribution in [0.4, 0.5) is 0 Å². The fraction of sp³-hybridized carbons (Fsp3) is 0.609. The van der Waals surface area contributed by atoms with E-state index in [1.54, 1.807) is 24.3 Å². The maximum atomic E-state index is 12.9. The molecule has 0 aliphatic heterocycles. The largest absolute Gasteiger partial charge is 0.410 e. The van der Waals surface area contributed by atoms with Crippen molar-refractivity contribution in [1.82, 2.24) is 0 Å². The van der Waals surface area contributed by atoms with Gasteiger partial charge < -0.3 is 4.43 Å². The second-order valence-corrected chi connectivity index (χ2v) is 16.7. The first-order chi connectivity index (χ1) is 14.3. The van der Waals surface area contributed by atoms with Crippen LogP contribution in [0.25, 0.3) is 0 Å². The fourth-order valence-electron chi connectivity index (χ4n) is 3.10. The van der Waals surface area contributed by atoms with Crippen LogP contribution in [0.1, 0.15) is 46.1 Å². The normalized spacial score (nSPS) is 19.1. The second-order valence-electron chi connectivity index (χ2n) is 9.75. The molecule has 0 N–H and O–H groups in total. The highest BCUT2D eigenvalue weighted by atomic mass is 32.2. The molecule has 2 atom stereocenters. The van der Waals surface area contributed by atoms with E-state index in [0.29, 0.717) is 23.3 Å². The summed E-state index contributed by atoms with van der Waals surface area (Å²) in [5, 5.41) is 7.67. The molecule has 0 unspecified atom stereocenters. The molecule has 6 nitrogen and oxygen atoms in total. The van der Waals surface area contributed by atoms with Crippen molar-refractivity contribution < 1.29 is 17.6 Å². The van der Waals surface area contributed by atoms with Gasteiger partial charge in [-0.15, -0.1) is 0 Å². The van der Waals surface area contributed by atoms with Crippen molar-refractivity contribution in [2.75, 3.05) is 13.1 Å². The van der Waals surface area contributed by atoms with Gasteiger partial charge in [0.25, 0.3) is 0 Å². The summed E-state index contributed by atoms with van der Waals surface area (Å²) in [6.07, 6.45) is 2.45. The van der Waals surface area contributed by atoms with E-state index in [1.165, 1.54) is 0 Å². The molecule has 0 spiro atoms. The van der Waals surface area contributed by atoms with Crippen LogP contribution in [0, 0.1) is 6.92 Å². The van der Waals surface area contributed by atoms with E-state index in [0.717, 1.165) is 5.56 Å². The molecule has 1 aliphatic rings. The lowest BCUT2D eigenvalue weighted by molar-refractivity contribution is -0.115. The Balaban J connectivity index is 1.99. The molecule has 31 heavy (non-hydrogen) atoms. The van der Waals surface area contributed by atoms with Crippen LogP contribution in [-0.4, -0.2) is 47.0 Å². The summed E-state index contributed by atoms with van der Waals surface area (Å²) in [6, 6.07) is 6.85. The Morgan fingerprint density at radius 2 is 1.77 bits per heavy atom. The molecular formula is C23H36N2O4SSi. The van der Waals surface area contributed by atoms with E-state index in [-0.39, 0.29) is 30.0 Å². The van der Waals surface area contributed by atoms with Crippen molar-refractivity contribution in [3.8, 4) is 0 Å². The van der Waals surface area contributed by atoms with Crippen LogP contribution in [-0.2, 0) is 19.1 Å². The summed E-state index contributed by atoms with van der Waals surface area (Å²) in [5.41, 5.74) is 1.61. The number of ketones is 1. The summed E-state index contributed by atoms with van der Waals surface area (Å²) in [4.78, 5) is 12.7. The molecule has 1 aromatic rings. The average molecular weight is 465 g/mol. The van der Waals surface area contributed by atoms with Gasteiger partial charge in [0.05, 0.1) is 29.3 Å². The molecule has 0 aromatic heterocycles. The Kier molecular flexibility index (Phi) is 8.16. The third kappa shape index (κ3) is 6.43. The first-order valence-corrected chi connectivity index (χ1v) is 15.3. The first kappa shape index (κ1) is 25.6. The van der Waals surface area contributed by atoms with Gasteiger partial charge in [-0.3, -0.25) is 4.79 Å². The topological polar surface area (TPSA) is 85.2 Å². The number of nitrogens with zero attached hydrogens (tertiary/aromatic N) is 2. The Morgan fingerprint density at radius 3 is 2.32 bits per heavy atom. The van der Waals surface area contributed by atoms with Gasteiger partial charge in [0, 0.05) is 12.0 Å². The van der Waals surface area contributed by atoms with Crippen LogP contribution in [0.3, 0.4) is 0 Å². The standard InChI is InChI=1S/C23H36N2O4SSi/c1-8-20(30(27,28)21-11-9-17(2)10-12-21)16-25-24-15-18-13-19(14-22(18)26)29-31(6,7)23(3,4)5/h9-13,19-20H,8,14-16H2,1-7H3/t19-,20+/m0/s1. The highest BCUT2D eigenvalue weighted by Crippen LogP contribution is 2.38. The van der Waals surface area contributed by atoms with Gasteiger partial charge in [-0.05, 0) is 49.7 Å². The predicted octanol–water partition coefficient (Wildman–Crippen LogP) is 5.29. The highest BCUT2D eigenvalue weighted by Gasteiger charge is 2.40. The molecule has 1 aliphatic carbocycles. The van der Waals surface area contributed by atoms with Crippen LogP contribution < -0.4 is 0 Å². The SMILES string of the molecule is CC[C@H](CN=NCC1=C[C@H](O[Si](C)(C)C(C)(C)C)CC1=O)S(=O)(=O)c1ccc(C)cc1. The average Bonchev–Trinajstić information content (AvgIpc) is 2.99. The maximum Gasteiger partial charge on any atom is 0.192 e. The molecular weight excluding hydrogens is 428 g/mol. The second kappa shape index (κ2) is 9.88. The Bertz CT molecular complexity index is 945. The van der Waals surface area contributed by atoms with E-state index in [1.807, 2.05) is 19.9 Å². The Morgan fingerprint density at radius 1 is 1.16 bits per heavy atom. The molecule has 0 fully saturated rings. The highest BCUT2D eigenvalue weighted by molar-refractivity contribution is 7.92. The zero-order chi connectivity index (χ0) is 23.4. The Labute approximate surface area is 188 Å². The lowest BCUT2D eigenvalue weighted by atomic mass is 10.2. The van der Waals surface area contributed by atoms with Crippen LogP contribution in [0.2, 0.25) is 18.1 Å². The van der Waals surface area contributed by atoms with Gasteiger partial charge in [-0.25, -0.2) is 8.42 Å². The molecule has 1 aromatic carbocycles. The third-order valence-corrected chi connectivity index (χ3v) is 13.0. The van der Waals surface area contributed by atoms with Crippen molar-refractivity contribution in [2.24, 2.45) is 10.2 Å². The molecule has 8 heteroatoms. The van der Waals surface area contributed by atoms with E-state index in [9.17, 15) is 13.2 Å². The number of hydrogen-bond acceptors (Lipinski definition) is 6. The summed E-state index contributed by atoms with van der Waals surface area (Å²) in [5.74, 6) is 0.0296. The smallest absolute Gasteiger partial charge is 0.192 e. The van der Waals surface area contributed by atoms with Crippen molar-refractivity contribution in [3.63, 3.8) is 0 Å². The van der Waals surface area contributed by atoms with Gasteiger partial charge >= 0.3 is 0 Å². The molecule has 0 saturated carbocycles. The number of Topliss-reactive ketones (excluding diaryl/α,β-unsaturated/α-hetero) is 1. The molecule has 0 bridgehead atoms. The lowest BCUT2D eigenvalue weighted by Crippen LogP contribution is -2.43. The van der Waals surface area contributed by atoms with Crippen molar-refractivity contribution in [2.45, 2.75) is 81.8 Å². The molecule has 0 radical (unpaired) electrons. The number of benzene rings is 1. The van der Waals surface area contributed by atoms with E-state index in [2.05, 4.69) is 44.1 Å². The van der Waals surface area contributed by atoms with Crippen molar-refractivity contribution >= 4 is 23.9 Å². The number of aryl methyl sites for hydroxylation is 1. The zero-order valence-electron chi connectivity index (χ0n) is 19.8. The van der Waals surface area contributed by atoms with Gasteiger partial charge in [-0.2, -0.15) is 10.2 Å². The van der Waals surface area contributed by atoms with Crippen molar-refractivity contribution in [1.29, 1.82) is 0 Å². The van der Waals surface area contributed by atoms with Crippen LogP contribution >= 0.6 is 0 Å². The molecule has 0 heterocycles. The number of carbonyl (C=O) groups is 1. The van der Waals surface area contributed by atoms with Gasteiger partial charge in [0.15, 0.2) is 23.9 Å². The number of rotatable bonds is 9. The van der Waals surface area contributed by atoms with E-state index < -0.39 is 23.4 Å². The predicted molar refractivity (Wildman–Crippen MR) is 127 cm³/mol. The first-order valence-electron chi connectivity index (χ1n) is 10.8. The van der Waals surface area contributed by atoms with Gasteiger partial charge in [0.1, 0.15) is 0 Å². The quantitative estimate of drug-likeness (QED) is 0.367. The summed E-state index contributed by atoms with van der Waals surface area (Å²) in [7, 11) is -5.43.